The monoisotopic (exact) mass is 398 g/mol. The summed E-state index contributed by atoms with van der Waals surface area (Å²) in [6, 6.07) is 24.1. The van der Waals surface area contributed by atoms with Crippen LogP contribution in [0, 0.1) is 6.92 Å². The largest absolute Gasteiger partial charge is 0.495 e. The lowest BCUT2D eigenvalue weighted by Gasteiger charge is -2.24. The fraction of sp³-hybridized carbons (Fsp3) is 0.120. The predicted molar refractivity (Wildman–Crippen MR) is 119 cm³/mol. The molecule has 1 amide bonds. The number of rotatable bonds is 5. The first-order chi connectivity index (χ1) is 14.6. The quantitative estimate of drug-likeness (QED) is 0.530. The van der Waals surface area contributed by atoms with E-state index >= 15 is 0 Å². The fourth-order valence-corrected chi connectivity index (χ4v) is 3.50. The maximum absolute atomic E-state index is 13.4. The van der Waals surface area contributed by atoms with Crippen LogP contribution in [0.2, 0.25) is 0 Å². The first-order valence-electron chi connectivity index (χ1n) is 9.69. The number of para-hydroxylation sites is 2. The van der Waals surface area contributed by atoms with E-state index in [1.807, 2.05) is 67.6 Å². The number of anilines is 1. The topological polar surface area (TPSA) is 62.4 Å². The summed E-state index contributed by atoms with van der Waals surface area (Å²) in [6.45, 7) is 2.10. The van der Waals surface area contributed by atoms with Crippen LogP contribution < -0.4 is 15.2 Å². The van der Waals surface area contributed by atoms with Crippen LogP contribution in [-0.2, 0) is 6.54 Å². The van der Waals surface area contributed by atoms with E-state index in [1.165, 1.54) is 0 Å². The summed E-state index contributed by atoms with van der Waals surface area (Å²) >= 11 is 0. The SMILES string of the molecule is COc1ccccc1N(Cc1cc2ccc(C)cc2[nH]c1=O)C(=O)c1ccccc1. The number of hydrogen-bond donors (Lipinski definition) is 1. The molecule has 1 N–H and O–H groups in total. The number of ether oxygens (including phenoxy) is 1. The molecule has 5 heteroatoms. The zero-order valence-corrected chi connectivity index (χ0v) is 16.9. The Balaban J connectivity index is 1.81. The number of aromatic amines is 1. The highest BCUT2D eigenvalue weighted by Gasteiger charge is 2.22. The second kappa shape index (κ2) is 8.25. The molecule has 0 aliphatic rings. The summed E-state index contributed by atoms with van der Waals surface area (Å²) in [5.41, 5.74) is 3.28. The smallest absolute Gasteiger partial charge is 0.258 e. The van der Waals surface area contributed by atoms with E-state index in [0.717, 1.165) is 16.5 Å². The van der Waals surface area contributed by atoms with Gasteiger partial charge in [-0.15, -0.1) is 0 Å². The van der Waals surface area contributed by atoms with Gasteiger partial charge < -0.3 is 14.6 Å². The molecule has 150 valence electrons. The number of carbonyl (C=O) groups is 1. The van der Waals surface area contributed by atoms with Crippen LogP contribution in [0.3, 0.4) is 0 Å². The van der Waals surface area contributed by atoms with Crippen molar-refractivity contribution in [2.24, 2.45) is 0 Å². The Morgan fingerprint density at radius 1 is 0.967 bits per heavy atom. The molecule has 1 aromatic heterocycles. The molecule has 0 aliphatic carbocycles. The van der Waals surface area contributed by atoms with Gasteiger partial charge in [0.25, 0.3) is 11.5 Å². The van der Waals surface area contributed by atoms with Gasteiger partial charge in [-0.2, -0.15) is 0 Å². The van der Waals surface area contributed by atoms with Crippen molar-refractivity contribution in [2.45, 2.75) is 13.5 Å². The third kappa shape index (κ3) is 3.82. The van der Waals surface area contributed by atoms with Crippen LogP contribution in [0.4, 0.5) is 5.69 Å². The second-order valence-corrected chi connectivity index (χ2v) is 7.14. The molecular weight excluding hydrogens is 376 g/mol. The average Bonchev–Trinajstić information content (AvgIpc) is 2.78. The van der Waals surface area contributed by atoms with Crippen LogP contribution in [-0.4, -0.2) is 18.0 Å². The summed E-state index contributed by atoms with van der Waals surface area (Å²) in [6.07, 6.45) is 0. The molecule has 0 radical (unpaired) electrons. The maximum Gasteiger partial charge on any atom is 0.258 e. The molecule has 0 unspecified atom stereocenters. The summed E-state index contributed by atoms with van der Waals surface area (Å²) in [4.78, 5) is 30.7. The van der Waals surface area contributed by atoms with Crippen molar-refractivity contribution in [3.8, 4) is 5.75 Å². The first-order valence-corrected chi connectivity index (χ1v) is 9.69. The minimum absolute atomic E-state index is 0.118. The molecule has 0 spiro atoms. The molecule has 1 heterocycles. The van der Waals surface area contributed by atoms with Crippen molar-refractivity contribution in [3.63, 3.8) is 0 Å². The van der Waals surface area contributed by atoms with E-state index in [4.69, 9.17) is 4.74 Å². The third-order valence-electron chi connectivity index (χ3n) is 5.05. The summed E-state index contributed by atoms with van der Waals surface area (Å²) in [5.74, 6) is 0.359. The Labute approximate surface area is 174 Å². The van der Waals surface area contributed by atoms with Crippen molar-refractivity contribution in [1.29, 1.82) is 0 Å². The third-order valence-corrected chi connectivity index (χ3v) is 5.05. The minimum Gasteiger partial charge on any atom is -0.495 e. The van der Waals surface area contributed by atoms with Crippen LogP contribution in [0.5, 0.6) is 5.75 Å². The highest BCUT2D eigenvalue weighted by atomic mass is 16.5. The zero-order chi connectivity index (χ0) is 21.1. The van der Waals surface area contributed by atoms with Crippen molar-refractivity contribution in [2.75, 3.05) is 12.0 Å². The fourth-order valence-electron chi connectivity index (χ4n) is 3.50. The molecule has 0 saturated carbocycles. The number of fused-ring (bicyclic) bond motifs is 1. The molecule has 0 fully saturated rings. The highest BCUT2D eigenvalue weighted by Crippen LogP contribution is 2.30. The van der Waals surface area contributed by atoms with Gasteiger partial charge in [0.1, 0.15) is 5.75 Å². The van der Waals surface area contributed by atoms with Gasteiger partial charge in [0.05, 0.1) is 19.3 Å². The molecule has 30 heavy (non-hydrogen) atoms. The Morgan fingerprint density at radius 3 is 2.47 bits per heavy atom. The average molecular weight is 398 g/mol. The number of carbonyl (C=O) groups excluding carboxylic acids is 1. The standard InChI is InChI=1S/C25H22N2O3/c1-17-12-13-19-15-20(24(28)26-21(19)14-17)16-27(22-10-6-7-11-23(22)30-2)25(29)18-8-4-3-5-9-18/h3-15H,16H2,1-2H3,(H,26,28). The minimum atomic E-state index is -0.214. The van der Waals surface area contributed by atoms with Crippen molar-refractivity contribution >= 4 is 22.5 Å². The normalized spacial score (nSPS) is 10.7. The van der Waals surface area contributed by atoms with Gasteiger partial charge in [0.2, 0.25) is 0 Å². The summed E-state index contributed by atoms with van der Waals surface area (Å²) in [5, 5.41) is 0.919. The van der Waals surface area contributed by atoms with E-state index in [2.05, 4.69) is 4.98 Å². The van der Waals surface area contributed by atoms with E-state index < -0.39 is 0 Å². The van der Waals surface area contributed by atoms with Crippen LogP contribution in [0.25, 0.3) is 10.9 Å². The van der Waals surface area contributed by atoms with Gasteiger partial charge >= 0.3 is 0 Å². The van der Waals surface area contributed by atoms with Gasteiger partial charge in [-0.3, -0.25) is 9.59 Å². The Morgan fingerprint density at radius 2 is 1.70 bits per heavy atom. The molecule has 4 aromatic rings. The maximum atomic E-state index is 13.4. The Bertz CT molecular complexity index is 1260. The van der Waals surface area contributed by atoms with Crippen molar-refractivity contribution in [1.82, 2.24) is 4.98 Å². The number of nitrogens with zero attached hydrogens (tertiary/aromatic N) is 1. The zero-order valence-electron chi connectivity index (χ0n) is 16.9. The number of benzene rings is 3. The lowest BCUT2D eigenvalue weighted by atomic mass is 10.1. The number of pyridine rings is 1. The summed E-state index contributed by atoms with van der Waals surface area (Å²) < 4.78 is 5.48. The molecular formula is C25H22N2O3. The molecule has 4 rings (SSSR count). The number of aromatic nitrogens is 1. The van der Waals surface area contributed by atoms with Crippen molar-refractivity contribution in [3.05, 3.63) is 106 Å². The lowest BCUT2D eigenvalue weighted by Crippen LogP contribution is -2.33. The van der Waals surface area contributed by atoms with E-state index in [-0.39, 0.29) is 18.0 Å². The van der Waals surface area contributed by atoms with Crippen molar-refractivity contribution < 1.29 is 9.53 Å². The van der Waals surface area contributed by atoms with Gasteiger partial charge in [-0.25, -0.2) is 0 Å². The molecule has 3 aromatic carbocycles. The number of nitrogens with one attached hydrogen (secondary N) is 1. The number of methoxy groups -OCH3 is 1. The highest BCUT2D eigenvalue weighted by molar-refractivity contribution is 6.06. The molecule has 0 atom stereocenters. The van der Waals surface area contributed by atoms with Gasteiger partial charge in [-0.1, -0.05) is 42.5 Å². The first kappa shape index (κ1) is 19.5. The number of hydrogen-bond acceptors (Lipinski definition) is 3. The van der Waals surface area contributed by atoms with Gasteiger partial charge in [-0.05, 0) is 54.3 Å². The Kier molecular flexibility index (Phi) is 5.35. The van der Waals surface area contributed by atoms with Crippen LogP contribution in [0.1, 0.15) is 21.5 Å². The van der Waals surface area contributed by atoms with Gasteiger partial charge in [0.15, 0.2) is 0 Å². The Hall–Kier alpha value is -3.86. The molecule has 0 saturated heterocycles. The number of amides is 1. The predicted octanol–water partition coefficient (Wildman–Crippen LogP) is 4.69. The molecule has 5 nitrogen and oxygen atoms in total. The lowest BCUT2D eigenvalue weighted by molar-refractivity contribution is 0.0984. The van der Waals surface area contributed by atoms with Crippen LogP contribution >= 0.6 is 0 Å². The molecule has 0 aliphatic heterocycles. The van der Waals surface area contributed by atoms with E-state index in [0.29, 0.717) is 22.6 Å². The van der Waals surface area contributed by atoms with Crippen LogP contribution in [0.15, 0.2) is 83.7 Å². The number of H-pyrrole nitrogens is 1. The van der Waals surface area contributed by atoms with E-state index in [1.54, 1.807) is 30.2 Å². The number of aryl methyl sites for hydroxylation is 1. The van der Waals surface area contributed by atoms with Gasteiger partial charge in [0, 0.05) is 16.6 Å². The van der Waals surface area contributed by atoms with E-state index in [9.17, 15) is 9.59 Å². The molecule has 0 bridgehead atoms. The second-order valence-electron chi connectivity index (χ2n) is 7.14. The summed E-state index contributed by atoms with van der Waals surface area (Å²) in [7, 11) is 1.56.